The number of non-ortho nitro benzene ring substituents is 1. The van der Waals surface area contributed by atoms with Crippen molar-refractivity contribution in [2.75, 3.05) is 5.32 Å². The maximum atomic E-state index is 12.1. The minimum Gasteiger partial charge on any atom is -0.332 e. The number of hydrogen-bond donors (Lipinski definition) is 2. The van der Waals surface area contributed by atoms with Gasteiger partial charge in [0.05, 0.1) is 4.92 Å². The molecule has 0 bridgehead atoms. The van der Waals surface area contributed by atoms with Gasteiger partial charge in [-0.15, -0.1) is 0 Å². The minimum absolute atomic E-state index is 0.000282. The van der Waals surface area contributed by atoms with Gasteiger partial charge < -0.3 is 5.32 Å². The molecule has 0 aromatic heterocycles. The van der Waals surface area contributed by atoms with E-state index in [4.69, 9.17) is 35.4 Å². The smallest absolute Gasteiger partial charge is 0.271 e. The fourth-order valence-corrected chi connectivity index (χ4v) is 2.60. The summed E-state index contributed by atoms with van der Waals surface area (Å²) in [5, 5.41) is 16.7. The summed E-state index contributed by atoms with van der Waals surface area (Å²) in [6, 6.07) is 8.71. The predicted octanol–water partition coefficient (Wildman–Crippen LogP) is 4.34. The molecule has 0 saturated heterocycles. The molecular formula is C15H11Cl2N3O3S. The Balaban J connectivity index is 2.12. The molecule has 2 N–H and O–H groups in total. The largest absolute Gasteiger partial charge is 0.332 e. The highest BCUT2D eigenvalue weighted by molar-refractivity contribution is 7.80. The zero-order chi connectivity index (χ0) is 17.9. The first-order chi connectivity index (χ1) is 11.3. The van der Waals surface area contributed by atoms with Gasteiger partial charge in [-0.1, -0.05) is 29.3 Å². The average Bonchev–Trinajstić information content (AvgIpc) is 2.48. The number of aryl methyl sites for hydroxylation is 1. The molecule has 0 aliphatic carbocycles. The van der Waals surface area contributed by atoms with Gasteiger partial charge in [-0.05, 0) is 42.9 Å². The molecule has 0 saturated carbocycles. The van der Waals surface area contributed by atoms with Crippen LogP contribution in [-0.2, 0) is 0 Å². The number of hydrogen-bond acceptors (Lipinski definition) is 4. The van der Waals surface area contributed by atoms with Gasteiger partial charge in [-0.3, -0.25) is 20.2 Å². The van der Waals surface area contributed by atoms with Gasteiger partial charge in [0.2, 0.25) is 0 Å². The van der Waals surface area contributed by atoms with E-state index >= 15 is 0 Å². The van der Waals surface area contributed by atoms with Crippen molar-refractivity contribution in [3.05, 3.63) is 67.7 Å². The summed E-state index contributed by atoms with van der Waals surface area (Å²) in [7, 11) is 0. The van der Waals surface area contributed by atoms with Gasteiger partial charge in [-0.2, -0.15) is 0 Å². The number of nitro benzene ring substituents is 1. The molecule has 0 fully saturated rings. The molecule has 2 rings (SSSR count). The lowest BCUT2D eigenvalue weighted by atomic mass is 10.2. The van der Waals surface area contributed by atoms with Crippen LogP contribution < -0.4 is 10.6 Å². The van der Waals surface area contributed by atoms with E-state index in [9.17, 15) is 14.9 Å². The number of benzene rings is 2. The van der Waals surface area contributed by atoms with Gasteiger partial charge in [0.15, 0.2) is 5.11 Å². The van der Waals surface area contributed by atoms with Crippen LogP contribution in [0.15, 0.2) is 36.4 Å². The van der Waals surface area contributed by atoms with Crippen LogP contribution in [0.1, 0.15) is 15.9 Å². The quantitative estimate of drug-likeness (QED) is 0.467. The second-order valence-electron chi connectivity index (χ2n) is 4.82. The summed E-state index contributed by atoms with van der Waals surface area (Å²) in [5.74, 6) is -0.500. The van der Waals surface area contributed by atoms with E-state index in [2.05, 4.69) is 10.6 Å². The molecule has 124 valence electrons. The third-order valence-electron chi connectivity index (χ3n) is 3.03. The summed E-state index contributed by atoms with van der Waals surface area (Å²) in [4.78, 5) is 22.5. The molecular weight excluding hydrogens is 373 g/mol. The fraction of sp³-hybridized carbons (Fsp3) is 0.0667. The monoisotopic (exact) mass is 383 g/mol. The number of nitro groups is 1. The number of thiocarbonyl (C=S) groups is 1. The first kappa shape index (κ1) is 18.1. The van der Waals surface area contributed by atoms with Crippen molar-refractivity contribution in [2.45, 2.75) is 6.92 Å². The number of amides is 1. The van der Waals surface area contributed by atoms with Crippen molar-refractivity contribution in [3.8, 4) is 0 Å². The molecule has 6 nitrogen and oxygen atoms in total. The number of rotatable bonds is 3. The van der Waals surface area contributed by atoms with E-state index < -0.39 is 10.8 Å². The van der Waals surface area contributed by atoms with Crippen LogP contribution in [0.25, 0.3) is 0 Å². The van der Waals surface area contributed by atoms with Crippen LogP contribution in [0.2, 0.25) is 10.0 Å². The van der Waals surface area contributed by atoms with E-state index in [1.807, 2.05) is 0 Å². The Morgan fingerprint density at radius 1 is 1.17 bits per heavy atom. The molecule has 2 aromatic carbocycles. The number of anilines is 1. The van der Waals surface area contributed by atoms with Crippen LogP contribution in [0.4, 0.5) is 11.4 Å². The van der Waals surface area contributed by atoms with Crippen molar-refractivity contribution in [1.82, 2.24) is 5.32 Å². The highest BCUT2D eigenvalue weighted by Crippen LogP contribution is 2.22. The fourth-order valence-electron chi connectivity index (χ4n) is 1.87. The topological polar surface area (TPSA) is 84.3 Å². The summed E-state index contributed by atoms with van der Waals surface area (Å²) in [6.07, 6.45) is 0. The lowest BCUT2D eigenvalue weighted by molar-refractivity contribution is -0.384. The van der Waals surface area contributed by atoms with Gasteiger partial charge in [0, 0.05) is 33.4 Å². The second-order valence-corrected chi connectivity index (χ2v) is 6.10. The molecule has 0 aliphatic rings. The molecule has 0 aliphatic heterocycles. The molecule has 0 radical (unpaired) electrons. The Hall–Kier alpha value is -2.22. The van der Waals surface area contributed by atoms with Crippen LogP contribution in [-0.4, -0.2) is 15.9 Å². The van der Waals surface area contributed by atoms with Crippen LogP contribution in [0, 0.1) is 17.0 Å². The summed E-state index contributed by atoms with van der Waals surface area (Å²) >= 11 is 16.8. The van der Waals surface area contributed by atoms with Gasteiger partial charge in [0.25, 0.3) is 11.6 Å². The summed E-state index contributed by atoms with van der Waals surface area (Å²) in [5.41, 5.74) is 1.33. The van der Waals surface area contributed by atoms with E-state index in [-0.39, 0.29) is 16.4 Å². The highest BCUT2D eigenvalue weighted by atomic mass is 35.5. The number of carbonyl (C=O) groups is 1. The molecule has 2 aromatic rings. The summed E-state index contributed by atoms with van der Waals surface area (Å²) < 4.78 is 0. The van der Waals surface area contributed by atoms with E-state index in [0.717, 1.165) is 5.56 Å². The number of nitrogens with one attached hydrogen (secondary N) is 2. The zero-order valence-electron chi connectivity index (χ0n) is 12.3. The molecule has 9 heteroatoms. The maximum absolute atomic E-state index is 12.1. The first-order valence-corrected chi connectivity index (χ1v) is 7.76. The van der Waals surface area contributed by atoms with Crippen molar-refractivity contribution < 1.29 is 9.72 Å². The molecule has 0 heterocycles. The molecule has 0 spiro atoms. The molecule has 0 atom stereocenters. The Kier molecular flexibility index (Phi) is 5.71. The molecule has 0 unspecified atom stereocenters. The maximum Gasteiger partial charge on any atom is 0.271 e. The van der Waals surface area contributed by atoms with E-state index in [0.29, 0.717) is 15.7 Å². The average molecular weight is 384 g/mol. The Morgan fingerprint density at radius 2 is 1.79 bits per heavy atom. The third kappa shape index (κ3) is 4.64. The standard InChI is InChI=1S/C15H11Cl2N3O3S/c1-8-2-3-12(20(22)23)7-13(8)18-15(24)19-14(21)9-4-10(16)6-11(17)5-9/h2-7H,1H3,(H2,18,19,21,24). The number of nitrogens with zero attached hydrogens (tertiary/aromatic N) is 1. The normalized spacial score (nSPS) is 10.1. The first-order valence-electron chi connectivity index (χ1n) is 6.60. The van der Waals surface area contributed by atoms with Crippen LogP contribution in [0.5, 0.6) is 0 Å². The van der Waals surface area contributed by atoms with E-state index in [1.165, 1.54) is 30.3 Å². The highest BCUT2D eigenvalue weighted by Gasteiger charge is 2.13. The van der Waals surface area contributed by atoms with Crippen molar-refractivity contribution >= 4 is 57.8 Å². The van der Waals surface area contributed by atoms with Gasteiger partial charge in [0.1, 0.15) is 0 Å². The zero-order valence-corrected chi connectivity index (χ0v) is 14.6. The second kappa shape index (κ2) is 7.57. The summed E-state index contributed by atoms with van der Waals surface area (Å²) in [6.45, 7) is 1.76. The minimum atomic E-state index is -0.514. The van der Waals surface area contributed by atoms with Crippen molar-refractivity contribution in [1.29, 1.82) is 0 Å². The Bertz CT molecular complexity index is 822. The third-order valence-corrected chi connectivity index (χ3v) is 3.67. The molecule has 1 amide bonds. The lowest BCUT2D eigenvalue weighted by Gasteiger charge is -2.12. The number of halogens is 2. The molecule has 24 heavy (non-hydrogen) atoms. The number of carbonyl (C=O) groups excluding carboxylic acids is 1. The van der Waals surface area contributed by atoms with Crippen molar-refractivity contribution in [3.63, 3.8) is 0 Å². The van der Waals surface area contributed by atoms with Crippen LogP contribution in [0.3, 0.4) is 0 Å². The van der Waals surface area contributed by atoms with Crippen molar-refractivity contribution in [2.24, 2.45) is 0 Å². The van der Waals surface area contributed by atoms with Gasteiger partial charge in [-0.25, -0.2) is 0 Å². The Labute approximate surface area is 152 Å². The van der Waals surface area contributed by atoms with Crippen LogP contribution >= 0.6 is 35.4 Å². The SMILES string of the molecule is Cc1ccc([N+](=O)[O-])cc1NC(=S)NC(=O)c1cc(Cl)cc(Cl)c1. The lowest BCUT2D eigenvalue weighted by Crippen LogP contribution is -2.34. The Morgan fingerprint density at radius 3 is 2.38 bits per heavy atom. The predicted molar refractivity (Wildman–Crippen MR) is 98.0 cm³/mol. The van der Waals surface area contributed by atoms with Gasteiger partial charge >= 0.3 is 0 Å². The van der Waals surface area contributed by atoms with E-state index in [1.54, 1.807) is 13.0 Å².